The van der Waals surface area contributed by atoms with Crippen molar-refractivity contribution >= 4 is 22.4 Å². The SMILES string of the molecule is Cc1csc(NC(=O)[C@@H](C)Oc2ccccc2C(C)C)n1. The highest BCUT2D eigenvalue weighted by Gasteiger charge is 2.18. The summed E-state index contributed by atoms with van der Waals surface area (Å²) >= 11 is 1.41. The fourth-order valence-electron chi connectivity index (χ4n) is 1.93. The molecule has 1 N–H and O–H groups in total. The van der Waals surface area contributed by atoms with Crippen LogP contribution in [0.25, 0.3) is 0 Å². The van der Waals surface area contributed by atoms with Crippen LogP contribution in [0.1, 0.15) is 37.9 Å². The lowest BCUT2D eigenvalue weighted by Crippen LogP contribution is -2.30. The second-order valence-corrected chi connectivity index (χ2v) is 6.09. The standard InChI is InChI=1S/C16H20N2O2S/c1-10(2)13-7-5-6-8-14(13)20-12(4)15(19)18-16-17-11(3)9-21-16/h5-10,12H,1-4H3,(H,17,18,19)/t12-/m1/s1. The molecule has 4 nitrogen and oxygen atoms in total. The lowest BCUT2D eigenvalue weighted by atomic mass is 10.0. The van der Waals surface area contributed by atoms with Gasteiger partial charge in [-0.05, 0) is 31.4 Å². The number of aromatic nitrogens is 1. The van der Waals surface area contributed by atoms with E-state index in [4.69, 9.17) is 4.74 Å². The average molecular weight is 304 g/mol. The van der Waals surface area contributed by atoms with Crippen molar-refractivity contribution in [2.45, 2.75) is 39.7 Å². The highest BCUT2D eigenvalue weighted by molar-refractivity contribution is 7.13. The molecule has 0 fully saturated rings. The smallest absolute Gasteiger partial charge is 0.266 e. The van der Waals surface area contributed by atoms with Crippen LogP contribution in [-0.4, -0.2) is 17.0 Å². The zero-order valence-electron chi connectivity index (χ0n) is 12.7. The molecule has 0 aliphatic carbocycles. The minimum atomic E-state index is -0.575. The van der Waals surface area contributed by atoms with E-state index in [1.54, 1.807) is 6.92 Å². The van der Waals surface area contributed by atoms with Crippen LogP contribution in [0.2, 0.25) is 0 Å². The van der Waals surface area contributed by atoms with Gasteiger partial charge in [-0.2, -0.15) is 0 Å². The van der Waals surface area contributed by atoms with Crippen LogP contribution in [0.5, 0.6) is 5.75 Å². The molecule has 1 aromatic carbocycles. The van der Waals surface area contributed by atoms with Gasteiger partial charge in [0.25, 0.3) is 5.91 Å². The fraction of sp³-hybridized carbons (Fsp3) is 0.375. The van der Waals surface area contributed by atoms with E-state index in [0.29, 0.717) is 11.0 Å². The van der Waals surface area contributed by atoms with Crippen LogP contribution in [-0.2, 0) is 4.79 Å². The predicted molar refractivity (Wildman–Crippen MR) is 86.1 cm³/mol. The fourth-order valence-corrected chi connectivity index (χ4v) is 2.62. The van der Waals surface area contributed by atoms with Crippen molar-refractivity contribution in [3.05, 3.63) is 40.9 Å². The van der Waals surface area contributed by atoms with Gasteiger partial charge in [-0.3, -0.25) is 10.1 Å². The quantitative estimate of drug-likeness (QED) is 0.909. The predicted octanol–water partition coefficient (Wildman–Crippen LogP) is 3.98. The van der Waals surface area contributed by atoms with Gasteiger partial charge in [0.1, 0.15) is 5.75 Å². The molecule has 1 atom stereocenters. The first kappa shape index (κ1) is 15.5. The highest BCUT2D eigenvalue weighted by Crippen LogP contribution is 2.27. The normalized spacial score (nSPS) is 12.2. The molecule has 0 aliphatic rings. The number of hydrogen-bond acceptors (Lipinski definition) is 4. The molecule has 1 heterocycles. The Labute approximate surface area is 129 Å². The molecule has 1 aromatic heterocycles. The van der Waals surface area contributed by atoms with E-state index in [2.05, 4.69) is 24.1 Å². The largest absolute Gasteiger partial charge is 0.481 e. The number of aryl methyl sites for hydroxylation is 1. The number of thiazole rings is 1. The maximum absolute atomic E-state index is 12.1. The zero-order valence-corrected chi connectivity index (χ0v) is 13.5. The number of benzene rings is 1. The van der Waals surface area contributed by atoms with Crippen LogP contribution < -0.4 is 10.1 Å². The average Bonchev–Trinajstić information content (AvgIpc) is 2.84. The summed E-state index contributed by atoms with van der Waals surface area (Å²) in [5.74, 6) is 0.909. The third-order valence-corrected chi connectivity index (χ3v) is 3.94. The summed E-state index contributed by atoms with van der Waals surface area (Å²) < 4.78 is 5.81. The first-order valence-corrected chi connectivity index (χ1v) is 7.84. The summed E-state index contributed by atoms with van der Waals surface area (Å²) in [4.78, 5) is 16.4. The topological polar surface area (TPSA) is 51.2 Å². The maximum Gasteiger partial charge on any atom is 0.266 e. The minimum Gasteiger partial charge on any atom is -0.481 e. The molecule has 2 rings (SSSR count). The van der Waals surface area contributed by atoms with Crippen molar-refractivity contribution in [3.8, 4) is 5.75 Å². The number of rotatable bonds is 5. The first-order valence-electron chi connectivity index (χ1n) is 6.96. The number of nitrogens with zero attached hydrogens (tertiary/aromatic N) is 1. The molecule has 21 heavy (non-hydrogen) atoms. The third-order valence-electron chi connectivity index (χ3n) is 3.06. The third kappa shape index (κ3) is 4.04. The Bertz CT molecular complexity index is 622. The summed E-state index contributed by atoms with van der Waals surface area (Å²) in [6.07, 6.45) is -0.575. The van der Waals surface area contributed by atoms with Gasteiger partial charge in [0.15, 0.2) is 11.2 Å². The summed E-state index contributed by atoms with van der Waals surface area (Å²) in [5, 5.41) is 5.27. The zero-order chi connectivity index (χ0) is 15.4. The molecule has 0 saturated carbocycles. The Morgan fingerprint density at radius 1 is 1.29 bits per heavy atom. The lowest BCUT2D eigenvalue weighted by Gasteiger charge is -2.18. The molecule has 0 saturated heterocycles. The number of hydrogen-bond donors (Lipinski definition) is 1. The number of ether oxygens (including phenoxy) is 1. The molecule has 5 heteroatoms. The summed E-state index contributed by atoms with van der Waals surface area (Å²) in [6.45, 7) is 7.84. The Kier molecular flexibility index (Phi) is 4.96. The highest BCUT2D eigenvalue weighted by atomic mass is 32.1. The Balaban J connectivity index is 2.04. The first-order chi connectivity index (χ1) is 9.97. The lowest BCUT2D eigenvalue weighted by molar-refractivity contribution is -0.122. The monoisotopic (exact) mass is 304 g/mol. The van der Waals surface area contributed by atoms with E-state index in [1.165, 1.54) is 11.3 Å². The summed E-state index contributed by atoms with van der Waals surface area (Å²) in [7, 11) is 0. The number of nitrogens with one attached hydrogen (secondary N) is 1. The van der Waals surface area contributed by atoms with E-state index < -0.39 is 6.10 Å². The number of carbonyl (C=O) groups is 1. The molecular weight excluding hydrogens is 284 g/mol. The minimum absolute atomic E-state index is 0.192. The van der Waals surface area contributed by atoms with Gasteiger partial charge in [0, 0.05) is 5.38 Å². The van der Waals surface area contributed by atoms with E-state index in [1.807, 2.05) is 36.6 Å². The molecular formula is C16H20N2O2S. The molecule has 112 valence electrons. The van der Waals surface area contributed by atoms with Crippen molar-refractivity contribution in [3.63, 3.8) is 0 Å². The molecule has 0 unspecified atom stereocenters. The Morgan fingerprint density at radius 2 is 2.00 bits per heavy atom. The summed E-state index contributed by atoms with van der Waals surface area (Å²) in [6, 6.07) is 7.81. The van der Waals surface area contributed by atoms with Crippen LogP contribution in [0.4, 0.5) is 5.13 Å². The van der Waals surface area contributed by atoms with E-state index in [0.717, 1.165) is 17.0 Å². The van der Waals surface area contributed by atoms with Crippen molar-refractivity contribution < 1.29 is 9.53 Å². The molecule has 2 aromatic rings. The van der Waals surface area contributed by atoms with Crippen molar-refractivity contribution in [1.29, 1.82) is 0 Å². The van der Waals surface area contributed by atoms with Gasteiger partial charge in [-0.25, -0.2) is 4.98 Å². The van der Waals surface area contributed by atoms with Crippen LogP contribution in [0.15, 0.2) is 29.6 Å². The van der Waals surface area contributed by atoms with Gasteiger partial charge in [0.05, 0.1) is 5.69 Å². The van der Waals surface area contributed by atoms with Gasteiger partial charge in [-0.15, -0.1) is 11.3 Å². The molecule has 0 radical (unpaired) electrons. The van der Waals surface area contributed by atoms with Gasteiger partial charge >= 0.3 is 0 Å². The molecule has 0 bridgehead atoms. The second-order valence-electron chi connectivity index (χ2n) is 5.24. The van der Waals surface area contributed by atoms with Gasteiger partial charge in [0.2, 0.25) is 0 Å². The molecule has 0 aliphatic heterocycles. The Hall–Kier alpha value is -1.88. The van der Waals surface area contributed by atoms with Crippen molar-refractivity contribution in [2.24, 2.45) is 0 Å². The van der Waals surface area contributed by atoms with Gasteiger partial charge < -0.3 is 4.74 Å². The Morgan fingerprint density at radius 3 is 2.62 bits per heavy atom. The van der Waals surface area contributed by atoms with Crippen LogP contribution in [0.3, 0.4) is 0 Å². The van der Waals surface area contributed by atoms with Crippen molar-refractivity contribution in [2.75, 3.05) is 5.32 Å². The summed E-state index contributed by atoms with van der Waals surface area (Å²) in [5.41, 5.74) is 2.00. The van der Waals surface area contributed by atoms with Crippen molar-refractivity contribution in [1.82, 2.24) is 4.98 Å². The van der Waals surface area contributed by atoms with Gasteiger partial charge in [-0.1, -0.05) is 32.0 Å². The number of anilines is 1. The molecule has 1 amide bonds. The van der Waals surface area contributed by atoms with Crippen LogP contribution >= 0.6 is 11.3 Å². The number of para-hydroxylation sites is 1. The van der Waals surface area contributed by atoms with E-state index in [-0.39, 0.29) is 5.91 Å². The van der Waals surface area contributed by atoms with E-state index in [9.17, 15) is 4.79 Å². The second kappa shape index (κ2) is 6.72. The molecule has 0 spiro atoms. The van der Waals surface area contributed by atoms with E-state index >= 15 is 0 Å². The number of amides is 1. The maximum atomic E-state index is 12.1. The number of carbonyl (C=O) groups excluding carboxylic acids is 1. The van der Waals surface area contributed by atoms with Crippen LogP contribution in [0, 0.1) is 6.92 Å².